The Bertz CT molecular complexity index is 822. The summed E-state index contributed by atoms with van der Waals surface area (Å²) < 4.78 is 0. The molecule has 0 spiro atoms. The van der Waals surface area contributed by atoms with Crippen LogP contribution in [0.1, 0.15) is 40.9 Å². The van der Waals surface area contributed by atoms with E-state index in [-0.39, 0.29) is 11.9 Å². The lowest BCUT2D eigenvalue weighted by atomic mass is 10.2. The monoisotopic (exact) mass is 307 g/mol. The lowest BCUT2D eigenvalue weighted by Crippen LogP contribution is -2.31. The molecule has 3 aromatic rings. The summed E-state index contributed by atoms with van der Waals surface area (Å²) in [6, 6.07) is 7.88. The van der Waals surface area contributed by atoms with Crippen molar-refractivity contribution in [2.24, 2.45) is 0 Å². The van der Waals surface area contributed by atoms with Gasteiger partial charge in [0.2, 0.25) is 0 Å². The molecule has 6 heteroatoms. The molecule has 6 nitrogen and oxygen atoms in total. The van der Waals surface area contributed by atoms with E-state index >= 15 is 0 Å². The van der Waals surface area contributed by atoms with Crippen molar-refractivity contribution in [2.75, 3.05) is 6.54 Å². The van der Waals surface area contributed by atoms with Crippen molar-refractivity contribution < 1.29 is 4.79 Å². The predicted octanol–water partition coefficient (Wildman–Crippen LogP) is 2.64. The van der Waals surface area contributed by atoms with Gasteiger partial charge < -0.3 is 9.88 Å². The van der Waals surface area contributed by atoms with Crippen LogP contribution in [-0.2, 0) is 0 Å². The third kappa shape index (κ3) is 2.46. The Morgan fingerprint density at radius 2 is 2.13 bits per heavy atom. The van der Waals surface area contributed by atoms with Crippen molar-refractivity contribution in [3.63, 3.8) is 0 Å². The van der Waals surface area contributed by atoms with E-state index in [4.69, 9.17) is 0 Å². The Morgan fingerprint density at radius 1 is 1.26 bits per heavy atom. The van der Waals surface area contributed by atoms with Gasteiger partial charge in [0.05, 0.1) is 29.0 Å². The molecule has 1 aliphatic heterocycles. The van der Waals surface area contributed by atoms with Gasteiger partial charge >= 0.3 is 0 Å². The highest BCUT2D eigenvalue weighted by atomic mass is 16.2. The number of hydrogen-bond acceptors (Lipinski definition) is 4. The first-order valence-corrected chi connectivity index (χ1v) is 7.76. The second-order valence-corrected chi connectivity index (χ2v) is 5.84. The normalized spacial score (nSPS) is 17.8. The van der Waals surface area contributed by atoms with Crippen molar-refractivity contribution in [3.8, 4) is 0 Å². The summed E-state index contributed by atoms with van der Waals surface area (Å²) in [5, 5.41) is 0. The average molecular weight is 307 g/mol. The molecule has 1 amide bonds. The summed E-state index contributed by atoms with van der Waals surface area (Å²) in [7, 11) is 0. The molecule has 1 aliphatic rings. The molecule has 1 saturated heterocycles. The number of aromatic nitrogens is 4. The van der Waals surface area contributed by atoms with Crippen LogP contribution in [0.25, 0.3) is 11.0 Å². The number of carbonyl (C=O) groups is 1. The number of amides is 1. The van der Waals surface area contributed by atoms with Crippen LogP contribution < -0.4 is 0 Å². The van der Waals surface area contributed by atoms with Crippen LogP contribution in [0, 0.1) is 6.92 Å². The number of para-hydroxylation sites is 2. The molecule has 23 heavy (non-hydrogen) atoms. The van der Waals surface area contributed by atoms with Gasteiger partial charge in [0.1, 0.15) is 11.5 Å². The summed E-state index contributed by atoms with van der Waals surface area (Å²) in [6.45, 7) is 2.57. The molecule has 0 aliphatic carbocycles. The highest BCUT2D eigenvalue weighted by Gasteiger charge is 2.33. The molecular weight excluding hydrogens is 290 g/mol. The first kappa shape index (κ1) is 13.9. The number of hydrogen-bond donors (Lipinski definition) is 1. The number of benzene rings is 1. The summed E-state index contributed by atoms with van der Waals surface area (Å²) in [4.78, 5) is 31.0. The van der Waals surface area contributed by atoms with E-state index in [0.29, 0.717) is 5.69 Å². The third-order valence-corrected chi connectivity index (χ3v) is 4.24. The van der Waals surface area contributed by atoms with Gasteiger partial charge in [0.25, 0.3) is 5.91 Å². The molecule has 116 valence electrons. The highest BCUT2D eigenvalue weighted by Crippen LogP contribution is 2.32. The molecule has 0 unspecified atom stereocenters. The van der Waals surface area contributed by atoms with Crippen LogP contribution in [0.4, 0.5) is 0 Å². The molecule has 3 heterocycles. The van der Waals surface area contributed by atoms with Crippen LogP contribution in [0.2, 0.25) is 0 Å². The van der Waals surface area contributed by atoms with Crippen molar-refractivity contribution >= 4 is 16.9 Å². The quantitative estimate of drug-likeness (QED) is 0.789. The Kier molecular flexibility index (Phi) is 3.29. The summed E-state index contributed by atoms with van der Waals surface area (Å²) in [6.07, 6.45) is 5.04. The van der Waals surface area contributed by atoms with E-state index in [1.807, 2.05) is 36.1 Å². The SMILES string of the molecule is Cc1cnc(C(=O)N2CCC[C@@H]2c2nc3ccccc3[nH]2)cn1. The number of nitrogens with zero attached hydrogens (tertiary/aromatic N) is 4. The number of likely N-dealkylation sites (tertiary alicyclic amines) is 1. The lowest BCUT2D eigenvalue weighted by molar-refractivity contribution is 0.0724. The van der Waals surface area contributed by atoms with Gasteiger partial charge in [-0.25, -0.2) is 9.97 Å². The van der Waals surface area contributed by atoms with E-state index in [2.05, 4.69) is 19.9 Å². The van der Waals surface area contributed by atoms with Crippen LogP contribution in [0.3, 0.4) is 0 Å². The number of carbonyl (C=O) groups excluding carboxylic acids is 1. The maximum atomic E-state index is 12.7. The summed E-state index contributed by atoms with van der Waals surface area (Å²) in [5.41, 5.74) is 3.12. The molecule has 1 fully saturated rings. The Balaban J connectivity index is 1.65. The van der Waals surface area contributed by atoms with Crippen LogP contribution in [-0.4, -0.2) is 37.3 Å². The van der Waals surface area contributed by atoms with Crippen LogP contribution in [0.15, 0.2) is 36.7 Å². The Labute approximate surface area is 133 Å². The second-order valence-electron chi connectivity index (χ2n) is 5.84. The third-order valence-electron chi connectivity index (χ3n) is 4.24. The Hall–Kier alpha value is -2.76. The number of imidazole rings is 1. The van der Waals surface area contributed by atoms with Gasteiger partial charge in [-0.15, -0.1) is 0 Å². The second kappa shape index (κ2) is 5.46. The first-order chi connectivity index (χ1) is 11.2. The summed E-state index contributed by atoms with van der Waals surface area (Å²) in [5.74, 6) is 0.762. The van der Waals surface area contributed by atoms with Gasteiger partial charge in [0.15, 0.2) is 0 Å². The molecular formula is C17H17N5O. The van der Waals surface area contributed by atoms with Crippen molar-refractivity contribution in [1.29, 1.82) is 0 Å². The van der Waals surface area contributed by atoms with Gasteiger partial charge in [0, 0.05) is 12.7 Å². The maximum Gasteiger partial charge on any atom is 0.274 e. The lowest BCUT2D eigenvalue weighted by Gasteiger charge is -2.22. The molecule has 2 aromatic heterocycles. The van der Waals surface area contributed by atoms with E-state index in [1.165, 1.54) is 0 Å². The van der Waals surface area contributed by atoms with E-state index in [1.54, 1.807) is 12.4 Å². The zero-order chi connectivity index (χ0) is 15.8. The van der Waals surface area contributed by atoms with E-state index < -0.39 is 0 Å². The molecule has 0 radical (unpaired) electrons. The minimum Gasteiger partial charge on any atom is -0.340 e. The molecule has 1 aromatic carbocycles. The minimum absolute atomic E-state index is 0.0296. The summed E-state index contributed by atoms with van der Waals surface area (Å²) >= 11 is 0. The molecule has 0 saturated carbocycles. The van der Waals surface area contributed by atoms with Gasteiger partial charge in [-0.3, -0.25) is 9.78 Å². The molecule has 1 atom stereocenters. The molecule has 0 bridgehead atoms. The van der Waals surface area contributed by atoms with Gasteiger partial charge in [-0.2, -0.15) is 0 Å². The molecule has 1 N–H and O–H groups in total. The fraction of sp³-hybridized carbons (Fsp3) is 0.294. The minimum atomic E-state index is -0.0829. The van der Waals surface area contributed by atoms with E-state index in [0.717, 1.165) is 41.9 Å². The fourth-order valence-corrected chi connectivity index (χ4v) is 3.07. The molecule has 4 rings (SSSR count). The number of aromatic amines is 1. The predicted molar refractivity (Wildman–Crippen MR) is 85.9 cm³/mol. The number of aryl methyl sites for hydroxylation is 1. The van der Waals surface area contributed by atoms with Gasteiger partial charge in [-0.1, -0.05) is 12.1 Å². The average Bonchev–Trinajstić information content (AvgIpc) is 3.21. The van der Waals surface area contributed by atoms with Crippen molar-refractivity contribution in [2.45, 2.75) is 25.8 Å². The van der Waals surface area contributed by atoms with Crippen LogP contribution >= 0.6 is 0 Å². The number of rotatable bonds is 2. The fourth-order valence-electron chi connectivity index (χ4n) is 3.07. The standard InChI is InChI=1S/C17H17N5O/c1-11-9-19-14(10-18-11)17(23)22-8-4-7-15(22)16-20-12-5-2-3-6-13(12)21-16/h2-3,5-6,9-10,15H,4,7-8H2,1H3,(H,20,21)/t15-/m1/s1. The zero-order valence-corrected chi connectivity index (χ0v) is 12.9. The zero-order valence-electron chi connectivity index (χ0n) is 12.9. The largest absolute Gasteiger partial charge is 0.340 e. The number of nitrogens with one attached hydrogen (secondary N) is 1. The van der Waals surface area contributed by atoms with Crippen LogP contribution in [0.5, 0.6) is 0 Å². The Morgan fingerprint density at radius 3 is 2.91 bits per heavy atom. The highest BCUT2D eigenvalue weighted by molar-refractivity contribution is 5.92. The van der Waals surface area contributed by atoms with Crippen molar-refractivity contribution in [1.82, 2.24) is 24.8 Å². The number of H-pyrrole nitrogens is 1. The first-order valence-electron chi connectivity index (χ1n) is 7.76. The van der Waals surface area contributed by atoms with Gasteiger partial charge in [-0.05, 0) is 31.9 Å². The van der Waals surface area contributed by atoms with Crippen molar-refractivity contribution in [3.05, 3.63) is 53.9 Å². The number of fused-ring (bicyclic) bond motifs is 1. The topological polar surface area (TPSA) is 74.8 Å². The van der Waals surface area contributed by atoms with E-state index in [9.17, 15) is 4.79 Å². The smallest absolute Gasteiger partial charge is 0.274 e. The maximum absolute atomic E-state index is 12.7.